The van der Waals surface area contributed by atoms with Crippen LogP contribution >= 0.6 is 11.6 Å². The molecule has 0 saturated carbocycles. The molecule has 1 saturated heterocycles. The Morgan fingerprint density at radius 2 is 2.00 bits per heavy atom. The molecule has 10 heteroatoms. The number of aromatic nitrogens is 4. The maximum Gasteiger partial charge on any atom is 0.227 e. The van der Waals surface area contributed by atoms with Crippen molar-refractivity contribution in [3.8, 4) is 0 Å². The van der Waals surface area contributed by atoms with Crippen molar-refractivity contribution in [3.63, 3.8) is 0 Å². The largest absolute Gasteiger partial charge is 0.395 e. The number of rotatable bonds is 6. The Kier molecular flexibility index (Phi) is 6.12. The van der Waals surface area contributed by atoms with Crippen LogP contribution in [0.15, 0.2) is 30.6 Å². The van der Waals surface area contributed by atoms with Crippen LogP contribution in [0.5, 0.6) is 0 Å². The molecule has 1 unspecified atom stereocenters. The molecule has 0 bridgehead atoms. The van der Waals surface area contributed by atoms with Crippen LogP contribution in [-0.4, -0.2) is 69.3 Å². The molecule has 0 aliphatic carbocycles. The maximum absolute atomic E-state index is 9.21. The minimum absolute atomic E-state index is 0.117. The Bertz CT molecular complexity index is 1020. The molecule has 9 nitrogen and oxygen atoms in total. The van der Waals surface area contributed by atoms with E-state index in [1.54, 1.807) is 0 Å². The highest BCUT2D eigenvalue weighted by molar-refractivity contribution is 6.35. The number of hydrogen-bond acceptors (Lipinski definition) is 9. The summed E-state index contributed by atoms with van der Waals surface area (Å²) in [5.41, 5.74) is 7.50. The van der Waals surface area contributed by atoms with E-state index in [0.717, 1.165) is 48.5 Å². The summed E-state index contributed by atoms with van der Waals surface area (Å²) in [4.78, 5) is 21.6. The van der Waals surface area contributed by atoms with Gasteiger partial charge < -0.3 is 21.1 Å². The lowest BCUT2D eigenvalue weighted by Gasteiger charge is -2.36. The van der Waals surface area contributed by atoms with E-state index < -0.39 is 0 Å². The number of nitrogens with zero attached hydrogens (tertiary/aromatic N) is 6. The van der Waals surface area contributed by atoms with E-state index in [1.807, 2.05) is 25.1 Å². The van der Waals surface area contributed by atoms with Gasteiger partial charge in [-0.3, -0.25) is 4.90 Å². The highest BCUT2D eigenvalue weighted by Gasteiger charge is 2.23. The summed E-state index contributed by atoms with van der Waals surface area (Å²) < 4.78 is 0. The molecular weight excluding hydrogens is 404 g/mol. The van der Waals surface area contributed by atoms with Crippen LogP contribution in [0.1, 0.15) is 18.5 Å². The molecule has 2 aromatic heterocycles. The van der Waals surface area contributed by atoms with Crippen molar-refractivity contribution in [2.75, 3.05) is 55.3 Å². The highest BCUT2D eigenvalue weighted by atomic mass is 35.5. The molecule has 158 valence electrons. The van der Waals surface area contributed by atoms with Gasteiger partial charge >= 0.3 is 0 Å². The summed E-state index contributed by atoms with van der Waals surface area (Å²) in [6, 6.07) is 7.79. The number of aliphatic hydroxyl groups excluding tert-OH is 1. The zero-order valence-electron chi connectivity index (χ0n) is 16.8. The second kappa shape index (κ2) is 8.95. The average molecular weight is 429 g/mol. The van der Waals surface area contributed by atoms with Crippen LogP contribution in [-0.2, 0) is 0 Å². The monoisotopic (exact) mass is 428 g/mol. The topological polar surface area (TPSA) is 116 Å². The van der Waals surface area contributed by atoms with E-state index in [0.29, 0.717) is 17.5 Å². The van der Waals surface area contributed by atoms with Crippen molar-refractivity contribution in [2.24, 2.45) is 0 Å². The van der Waals surface area contributed by atoms with Gasteiger partial charge in [-0.1, -0.05) is 23.7 Å². The normalized spacial score (nSPS) is 16.0. The number of nitrogens with two attached hydrogens (primary N) is 1. The van der Waals surface area contributed by atoms with Gasteiger partial charge in [0.05, 0.1) is 23.2 Å². The van der Waals surface area contributed by atoms with E-state index in [-0.39, 0.29) is 18.6 Å². The van der Waals surface area contributed by atoms with Gasteiger partial charge in [0.15, 0.2) is 0 Å². The number of aliphatic hydroxyl groups is 1. The first-order valence-electron chi connectivity index (χ1n) is 9.93. The van der Waals surface area contributed by atoms with Crippen LogP contribution in [0.25, 0.3) is 10.9 Å². The van der Waals surface area contributed by atoms with Crippen LogP contribution in [0.4, 0.5) is 17.7 Å². The third kappa shape index (κ3) is 4.38. The number of pyridine rings is 1. The van der Waals surface area contributed by atoms with Crippen molar-refractivity contribution >= 4 is 40.2 Å². The fourth-order valence-corrected chi connectivity index (χ4v) is 3.94. The van der Waals surface area contributed by atoms with Crippen molar-refractivity contribution < 1.29 is 5.11 Å². The molecule has 1 atom stereocenters. The van der Waals surface area contributed by atoms with Gasteiger partial charge in [-0.15, -0.1) is 0 Å². The fraction of sp³-hybridized carbons (Fsp3) is 0.400. The highest BCUT2D eigenvalue weighted by Crippen LogP contribution is 2.33. The molecule has 1 fully saturated rings. The Labute approximate surface area is 179 Å². The van der Waals surface area contributed by atoms with Gasteiger partial charge in [0.25, 0.3) is 0 Å². The summed E-state index contributed by atoms with van der Waals surface area (Å²) in [6.45, 7) is 6.28. The third-order valence-corrected chi connectivity index (χ3v) is 5.60. The molecule has 0 amide bonds. The minimum atomic E-state index is -0.117. The summed E-state index contributed by atoms with van der Waals surface area (Å²) in [5, 5.41) is 14.1. The molecule has 0 spiro atoms. The zero-order valence-corrected chi connectivity index (χ0v) is 17.5. The van der Waals surface area contributed by atoms with Crippen molar-refractivity contribution in [2.45, 2.75) is 13.0 Å². The fourth-order valence-electron chi connectivity index (χ4n) is 3.72. The lowest BCUT2D eigenvalue weighted by atomic mass is 10.0. The second-order valence-electron chi connectivity index (χ2n) is 7.30. The number of hydrogen-bond donors (Lipinski definition) is 3. The lowest BCUT2D eigenvalue weighted by molar-refractivity contribution is 0.188. The first-order chi connectivity index (χ1) is 14.5. The number of halogens is 1. The number of fused-ring (bicyclic) bond motifs is 1. The maximum atomic E-state index is 9.21. The SMILES string of the molecule is CC(Nc1ncnc(N)n1)c1cc2cccc(Cl)c2nc1N1CCN(CCO)CC1. The number of benzene rings is 1. The Morgan fingerprint density at radius 1 is 1.20 bits per heavy atom. The number of nitrogens with one attached hydrogen (secondary N) is 1. The van der Waals surface area contributed by atoms with Crippen LogP contribution in [0.3, 0.4) is 0 Å². The quantitative estimate of drug-likeness (QED) is 0.541. The predicted octanol–water partition coefficient (Wildman–Crippen LogP) is 1.94. The van der Waals surface area contributed by atoms with Gasteiger partial charge in [-0.05, 0) is 19.1 Å². The minimum Gasteiger partial charge on any atom is -0.395 e. The van der Waals surface area contributed by atoms with Gasteiger partial charge in [-0.2, -0.15) is 4.98 Å². The smallest absolute Gasteiger partial charge is 0.227 e. The summed E-state index contributed by atoms with van der Waals surface area (Å²) in [7, 11) is 0. The van der Waals surface area contributed by atoms with E-state index in [1.165, 1.54) is 6.33 Å². The van der Waals surface area contributed by atoms with Crippen LogP contribution in [0.2, 0.25) is 5.02 Å². The molecule has 1 aliphatic rings. The van der Waals surface area contributed by atoms with Gasteiger partial charge in [0.1, 0.15) is 12.1 Å². The number of para-hydroxylation sites is 1. The van der Waals surface area contributed by atoms with Crippen LogP contribution < -0.4 is 16.0 Å². The Hall–Kier alpha value is -2.75. The van der Waals surface area contributed by atoms with Crippen LogP contribution in [0, 0.1) is 0 Å². The Balaban J connectivity index is 1.69. The second-order valence-corrected chi connectivity index (χ2v) is 7.71. The van der Waals surface area contributed by atoms with E-state index in [9.17, 15) is 5.11 Å². The number of nitrogen functional groups attached to an aromatic ring is 1. The van der Waals surface area contributed by atoms with E-state index in [2.05, 4.69) is 36.1 Å². The molecule has 1 aliphatic heterocycles. The molecule has 30 heavy (non-hydrogen) atoms. The predicted molar refractivity (Wildman–Crippen MR) is 119 cm³/mol. The Morgan fingerprint density at radius 3 is 2.73 bits per heavy atom. The first-order valence-corrected chi connectivity index (χ1v) is 10.3. The number of anilines is 3. The lowest BCUT2D eigenvalue weighted by Crippen LogP contribution is -2.47. The summed E-state index contributed by atoms with van der Waals surface area (Å²) >= 11 is 6.44. The molecule has 3 aromatic rings. The van der Waals surface area contributed by atoms with Crippen molar-refractivity contribution in [3.05, 3.63) is 41.2 Å². The average Bonchev–Trinajstić information content (AvgIpc) is 2.74. The third-order valence-electron chi connectivity index (χ3n) is 5.30. The van der Waals surface area contributed by atoms with Gasteiger partial charge in [0, 0.05) is 43.7 Å². The number of β-amino-alcohol motifs (C(OH)–C–C–N with tert-alkyl or cyclic N) is 1. The summed E-state index contributed by atoms with van der Waals surface area (Å²) in [5.74, 6) is 1.48. The standard InChI is InChI=1S/C20H25ClN8O/c1-13(25-20-24-12-23-19(22)27-20)15-11-14-3-2-4-16(21)17(14)26-18(15)29-7-5-28(6-8-29)9-10-30/h2-4,11-13,30H,5-10H2,1H3,(H3,22,23,24,25,27). The van der Waals surface area contributed by atoms with Crippen molar-refractivity contribution in [1.82, 2.24) is 24.8 Å². The molecular formula is C20H25ClN8O. The first kappa shape index (κ1) is 20.5. The van der Waals surface area contributed by atoms with Gasteiger partial charge in [-0.25, -0.2) is 15.0 Å². The van der Waals surface area contributed by atoms with E-state index in [4.69, 9.17) is 22.3 Å². The van der Waals surface area contributed by atoms with Crippen molar-refractivity contribution in [1.29, 1.82) is 0 Å². The number of piperazine rings is 1. The summed E-state index contributed by atoms with van der Waals surface area (Å²) in [6.07, 6.45) is 1.39. The molecule has 3 heterocycles. The molecule has 1 aromatic carbocycles. The molecule has 0 radical (unpaired) electrons. The molecule has 4 N–H and O–H groups in total. The molecule has 4 rings (SSSR count). The van der Waals surface area contributed by atoms with Gasteiger partial charge in [0.2, 0.25) is 11.9 Å². The zero-order chi connectivity index (χ0) is 21.1. The van der Waals surface area contributed by atoms with E-state index >= 15 is 0 Å².